The molecule has 2 aromatic carbocycles. The smallest absolute Gasteiger partial charge is 0.271 e. The van der Waals surface area contributed by atoms with Crippen molar-refractivity contribution in [3.63, 3.8) is 0 Å². The van der Waals surface area contributed by atoms with Gasteiger partial charge in [0.25, 0.3) is 5.69 Å². The lowest BCUT2D eigenvalue weighted by Gasteiger charge is -2.07. The standard InChI is InChI=1S/C17H15N3O4/c1-23-15-7-3-11(9-16(15)24-2)4-8-17-18-13-6-5-12(20(21)22)10-14(13)19-17/h3-10H,1-2H3,(H,18,19)/b8-4+. The van der Waals surface area contributed by atoms with Crippen molar-refractivity contribution in [3.8, 4) is 11.5 Å². The predicted molar refractivity (Wildman–Crippen MR) is 91.2 cm³/mol. The minimum absolute atomic E-state index is 0.0292. The van der Waals surface area contributed by atoms with Crippen molar-refractivity contribution in [2.75, 3.05) is 14.2 Å². The number of imidazole rings is 1. The highest BCUT2D eigenvalue weighted by atomic mass is 16.6. The highest BCUT2D eigenvalue weighted by molar-refractivity contribution is 5.80. The molecule has 7 nitrogen and oxygen atoms in total. The molecule has 1 heterocycles. The number of nitro groups is 1. The number of H-pyrrole nitrogens is 1. The largest absolute Gasteiger partial charge is 0.493 e. The molecule has 0 saturated heterocycles. The molecular weight excluding hydrogens is 310 g/mol. The fourth-order valence-corrected chi connectivity index (χ4v) is 2.34. The van der Waals surface area contributed by atoms with Crippen LogP contribution in [0.3, 0.4) is 0 Å². The molecule has 3 aromatic rings. The monoisotopic (exact) mass is 325 g/mol. The molecule has 0 unspecified atom stereocenters. The van der Waals surface area contributed by atoms with Gasteiger partial charge in [0.15, 0.2) is 11.5 Å². The fourth-order valence-electron chi connectivity index (χ4n) is 2.34. The van der Waals surface area contributed by atoms with E-state index in [4.69, 9.17) is 9.47 Å². The highest BCUT2D eigenvalue weighted by Gasteiger charge is 2.08. The van der Waals surface area contributed by atoms with E-state index in [9.17, 15) is 10.1 Å². The van der Waals surface area contributed by atoms with Crippen LogP contribution in [0, 0.1) is 10.1 Å². The minimum Gasteiger partial charge on any atom is -0.493 e. The summed E-state index contributed by atoms with van der Waals surface area (Å²) >= 11 is 0. The Balaban J connectivity index is 1.89. The SMILES string of the molecule is COc1ccc(/C=C/c2nc3ccc([N+](=O)[O-])cc3[nH]2)cc1OC. The number of nitro benzene ring substituents is 1. The quantitative estimate of drug-likeness (QED) is 0.571. The molecule has 0 bridgehead atoms. The van der Waals surface area contributed by atoms with E-state index in [1.54, 1.807) is 26.4 Å². The van der Waals surface area contributed by atoms with Gasteiger partial charge in [-0.3, -0.25) is 10.1 Å². The van der Waals surface area contributed by atoms with E-state index in [2.05, 4.69) is 9.97 Å². The van der Waals surface area contributed by atoms with Crippen LogP contribution in [0.5, 0.6) is 11.5 Å². The molecule has 7 heteroatoms. The van der Waals surface area contributed by atoms with Crippen molar-refractivity contribution in [3.05, 3.63) is 57.9 Å². The first-order valence-electron chi connectivity index (χ1n) is 7.15. The predicted octanol–water partition coefficient (Wildman–Crippen LogP) is 3.66. The molecule has 0 aliphatic rings. The summed E-state index contributed by atoms with van der Waals surface area (Å²) < 4.78 is 10.5. The lowest BCUT2D eigenvalue weighted by molar-refractivity contribution is -0.384. The van der Waals surface area contributed by atoms with Gasteiger partial charge in [0, 0.05) is 12.1 Å². The molecular formula is C17H15N3O4. The molecule has 0 aliphatic heterocycles. The van der Waals surface area contributed by atoms with E-state index in [0.29, 0.717) is 28.4 Å². The molecule has 0 saturated carbocycles. The van der Waals surface area contributed by atoms with Crippen LogP contribution in [0.25, 0.3) is 23.2 Å². The summed E-state index contributed by atoms with van der Waals surface area (Å²) in [5, 5.41) is 10.8. The molecule has 0 fully saturated rings. The number of ether oxygens (including phenoxy) is 2. The topological polar surface area (TPSA) is 90.3 Å². The van der Waals surface area contributed by atoms with Gasteiger partial charge < -0.3 is 14.5 Å². The van der Waals surface area contributed by atoms with Gasteiger partial charge >= 0.3 is 0 Å². The van der Waals surface area contributed by atoms with Crippen LogP contribution in [-0.4, -0.2) is 29.1 Å². The molecule has 0 aliphatic carbocycles. The lowest BCUT2D eigenvalue weighted by Crippen LogP contribution is -1.90. The summed E-state index contributed by atoms with van der Waals surface area (Å²) in [5.41, 5.74) is 2.24. The number of rotatable bonds is 5. The van der Waals surface area contributed by atoms with Gasteiger partial charge in [-0.1, -0.05) is 12.1 Å². The van der Waals surface area contributed by atoms with Gasteiger partial charge in [0.2, 0.25) is 0 Å². The van der Waals surface area contributed by atoms with Gasteiger partial charge in [0.05, 0.1) is 30.2 Å². The van der Waals surface area contributed by atoms with Crippen molar-refractivity contribution in [2.24, 2.45) is 0 Å². The second kappa shape index (κ2) is 6.41. The first kappa shape index (κ1) is 15.5. The van der Waals surface area contributed by atoms with Crippen LogP contribution >= 0.6 is 0 Å². The van der Waals surface area contributed by atoms with Crippen LogP contribution < -0.4 is 9.47 Å². The molecule has 3 rings (SSSR count). The highest BCUT2D eigenvalue weighted by Crippen LogP contribution is 2.28. The molecule has 1 N–H and O–H groups in total. The Morgan fingerprint density at radius 2 is 1.88 bits per heavy atom. The van der Waals surface area contributed by atoms with Gasteiger partial charge in [-0.05, 0) is 29.8 Å². The maximum atomic E-state index is 10.8. The number of methoxy groups -OCH3 is 2. The van der Waals surface area contributed by atoms with Gasteiger partial charge in [-0.15, -0.1) is 0 Å². The van der Waals surface area contributed by atoms with Gasteiger partial charge in [-0.2, -0.15) is 0 Å². The Morgan fingerprint density at radius 3 is 2.58 bits per heavy atom. The van der Waals surface area contributed by atoms with Gasteiger partial charge in [-0.25, -0.2) is 4.98 Å². The lowest BCUT2D eigenvalue weighted by atomic mass is 10.2. The van der Waals surface area contributed by atoms with Crippen molar-refractivity contribution in [1.82, 2.24) is 9.97 Å². The van der Waals surface area contributed by atoms with Crippen LogP contribution in [-0.2, 0) is 0 Å². The third-order valence-electron chi connectivity index (χ3n) is 3.54. The number of hydrogen-bond donors (Lipinski definition) is 1. The second-order valence-corrected chi connectivity index (χ2v) is 5.03. The molecule has 122 valence electrons. The van der Waals surface area contributed by atoms with E-state index in [0.717, 1.165) is 5.56 Å². The zero-order valence-electron chi connectivity index (χ0n) is 13.1. The first-order chi connectivity index (χ1) is 11.6. The summed E-state index contributed by atoms with van der Waals surface area (Å²) in [6.07, 6.45) is 3.67. The average Bonchev–Trinajstić information content (AvgIpc) is 3.01. The van der Waals surface area contributed by atoms with E-state index < -0.39 is 4.92 Å². The average molecular weight is 325 g/mol. The maximum absolute atomic E-state index is 10.8. The number of nitrogens with zero attached hydrogens (tertiary/aromatic N) is 2. The van der Waals surface area contributed by atoms with Crippen LogP contribution in [0.15, 0.2) is 36.4 Å². The Labute approximate surface area is 137 Å². The number of aromatic nitrogens is 2. The van der Waals surface area contributed by atoms with Crippen LogP contribution in [0.1, 0.15) is 11.4 Å². The summed E-state index contributed by atoms with van der Waals surface area (Å²) in [6, 6.07) is 10.1. The minimum atomic E-state index is -0.431. The molecule has 24 heavy (non-hydrogen) atoms. The van der Waals surface area contributed by atoms with Crippen molar-refractivity contribution >= 4 is 28.9 Å². The number of hydrogen-bond acceptors (Lipinski definition) is 5. The number of non-ortho nitro benzene ring substituents is 1. The Morgan fingerprint density at radius 1 is 1.08 bits per heavy atom. The number of fused-ring (bicyclic) bond motifs is 1. The molecule has 1 aromatic heterocycles. The molecule has 0 spiro atoms. The number of benzene rings is 2. The molecule has 0 radical (unpaired) electrons. The Hall–Kier alpha value is -3.35. The van der Waals surface area contributed by atoms with Gasteiger partial charge in [0.1, 0.15) is 5.82 Å². The third kappa shape index (κ3) is 3.05. The summed E-state index contributed by atoms with van der Waals surface area (Å²) in [6.45, 7) is 0. The van der Waals surface area contributed by atoms with E-state index >= 15 is 0 Å². The Bertz CT molecular complexity index is 931. The van der Waals surface area contributed by atoms with Crippen LogP contribution in [0.4, 0.5) is 5.69 Å². The zero-order valence-corrected chi connectivity index (χ0v) is 13.1. The van der Waals surface area contributed by atoms with Crippen LogP contribution in [0.2, 0.25) is 0 Å². The normalized spacial score (nSPS) is 11.1. The maximum Gasteiger partial charge on any atom is 0.271 e. The first-order valence-corrected chi connectivity index (χ1v) is 7.15. The van der Waals surface area contributed by atoms with E-state index in [1.807, 2.05) is 24.3 Å². The summed E-state index contributed by atoms with van der Waals surface area (Å²) in [7, 11) is 3.17. The van der Waals surface area contributed by atoms with Crippen molar-refractivity contribution in [1.29, 1.82) is 0 Å². The fraction of sp³-hybridized carbons (Fsp3) is 0.118. The number of nitrogens with one attached hydrogen (secondary N) is 1. The number of aromatic amines is 1. The van der Waals surface area contributed by atoms with Crippen molar-refractivity contribution < 1.29 is 14.4 Å². The Kier molecular flexibility index (Phi) is 4.15. The van der Waals surface area contributed by atoms with E-state index in [1.165, 1.54) is 12.1 Å². The zero-order chi connectivity index (χ0) is 17.1. The van der Waals surface area contributed by atoms with E-state index in [-0.39, 0.29) is 5.69 Å². The molecule has 0 amide bonds. The third-order valence-corrected chi connectivity index (χ3v) is 3.54. The summed E-state index contributed by atoms with van der Waals surface area (Å²) in [5.74, 6) is 1.91. The van der Waals surface area contributed by atoms with Crippen molar-refractivity contribution in [2.45, 2.75) is 0 Å². The summed E-state index contributed by atoms with van der Waals surface area (Å²) in [4.78, 5) is 17.8. The second-order valence-electron chi connectivity index (χ2n) is 5.03. The molecule has 0 atom stereocenters.